The molecule has 0 aliphatic carbocycles. The average molecular weight is 253 g/mol. The van der Waals surface area contributed by atoms with Gasteiger partial charge in [-0.15, -0.1) is 0 Å². The molecule has 94 valence electrons. The molecule has 2 aromatic heterocycles. The zero-order chi connectivity index (χ0) is 13.7. The lowest BCUT2D eigenvalue weighted by atomic mass is 10.3. The van der Waals surface area contributed by atoms with Gasteiger partial charge < -0.3 is 9.30 Å². The van der Waals surface area contributed by atoms with Gasteiger partial charge in [-0.05, 0) is 13.0 Å². The van der Waals surface area contributed by atoms with Crippen molar-refractivity contribution in [1.29, 1.82) is 10.5 Å². The summed E-state index contributed by atoms with van der Waals surface area (Å²) in [5, 5.41) is 17.9. The molecule has 0 radical (unpaired) electrons. The standard InChI is InChI=1S/C13H11N5O/c1-2-19-13-5-3-4-10(17-13)8-18-9-16-11(6-14)12(18)7-15/h3-5,9H,2,8H2,1H3. The van der Waals surface area contributed by atoms with Gasteiger partial charge in [0.25, 0.3) is 0 Å². The molecule has 0 saturated carbocycles. The van der Waals surface area contributed by atoms with Crippen molar-refractivity contribution >= 4 is 0 Å². The minimum atomic E-state index is 0.128. The third-order valence-electron chi connectivity index (χ3n) is 2.46. The molecular weight excluding hydrogens is 242 g/mol. The molecule has 0 aliphatic rings. The minimum absolute atomic E-state index is 0.128. The van der Waals surface area contributed by atoms with E-state index in [2.05, 4.69) is 9.97 Å². The number of rotatable bonds is 4. The predicted octanol–water partition coefficient (Wildman–Crippen LogP) is 1.47. The van der Waals surface area contributed by atoms with Crippen molar-refractivity contribution in [2.75, 3.05) is 6.61 Å². The Balaban J connectivity index is 2.27. The number of aromatic nitrogens is 3. The first kappa shape index (κ1) is 12.6. The van der Waals surface area contributed by atoms with Crippen molar-refractivity contribution in [3.8, 4) is 18.0 Å². The van der Waals surface area contributed by atoms with E-state index in [0.29, 0.717) is 19.0 Å². The summed E-state index contributed by atoms with van der Waals surface area (Å²) in [4.78, 5) is 8.19. The Morgan fingerprint density at radius 2 is 2.16 bits per heavy atom. The van der Waals surface area contributed by atoms with Crippen LogP contribution in [0.2, 0.25) is 0 Å². The number of imidazole rings is 1. The first-order chi connectivity index (χ1) is 9.28. The van der Waals surface area contributed by atoms with Crippen LogP contribution in [0.4, 0.5) is 0 Å². The molecule has 0 bridgehead atoms. The Bertz CT molecular complexity index is 662. The molecule has 6 nitrogen and oxygen atoms in total. The highest BCUT2D eigenvalue weighted by Gasteiger charge is 2.10. The molecule has 2 heterocycles. The summed E-state index contributed by atoms with van der Waals surface area (Å²) in [6, 6.07) is 9.29. The first-order valence-electron chi connectivity index (χ1n) is 5.72. The van der Waals surface area contributed by atoms with Crippen LogP contribution in [0.15, 0.2) is 24.5 Å². The molecule has 0 N–H and O–H groups in total. The smallest absolute Gasteiger partial charge is 0.213 e. The normalized spacial score (nSPS) is 9.63. The highest BCUT2D eigenvalue weighted by Crippen LogP contribution is 2.11. The van der Waals surface area contributed by atoms with Crippen molar-refractivity contribution in [2.24, 2.45) is 0 Å². The summed E-state index contributed by atoms with van der Waals surface area (Å²) in [5.41, 5.74) is 1.11. The van der Waals surface area contributed by atoms with Gasteiger partial charge in [0.2, 0.25) is 5.88 Å². The Labute approximate surface area is 110 Å². The van der Waals surface area contributed by atoms with Crippen LogP contribution < -0.4 is 4.74 Å². The van der Waals surface area contributed by atoms with Gasteiger partial charge in [-0.3, -0.25) is 0 Å². The Morgan fingerprint density at radius 3 is 2.84 bits per heavy atom. The molecule has 0 amide bonds. The van der Waals surface area contributed by atoms with Gasteiger partial charge in [0.15, 0.2) is 11.4 Å². The molecule has 0 fully saturated rings. The molecule has 19 heavy (non-hydrogen) atoms. The zero-order valence-corrected chi connectivity index (χ0v) is 10.4. The number of hydrogen-bond donors (Lipinski definition) is 0. The van der Waals surface area contributed by atoms with Crippen LogP contribution in [0.3, 0.4) is 0 Å². The molecule has 2 aromatic rings. The van der Waals surface area contributed by atoms with Gasteiger partial charge in [-0.25, -0.2) is 9.97 Å². The number of ether oxygens (including phenoxy) is 1. The fraction of sp³-hybridized carbons (Fsp3) is 0.231. The van der Waals surface area contributed by atoms with Crippen molar-refractivity contribution < 1.29 is 4.74 Å². The van der Waals surface area contributed by atoms with E-state index in [9.17, 15) is 0 Å². The van der Waals surface area contributed by atoms with E-state index in [1.54, 1.807) is 10.6 Å². The van der Waals surface area contributed by atoms with Crippen molar-refractivity contribution in [3.63, 3.8) is 0 Å². The Morgan fingerprint density at radius 1 is 1.32 bits per heavy atom. The van der Waals surface area contributed by atoms with Gasteiger partial charge in [0.1, 0.15) is 12.1 Å². The van der Waals surface area contributed by atoms with Crippen LogP contribution in [-0.2, 0) is 6.54 Å². The summed E-state index contributed by atoms with van der Waals surface area (Å²) >= 11 is 0. The van der Waals surface area contributed by atoms with Crippen LogP contribution in [0, 0.1) is 22.7 Å². The predicted molar refractivity (Wildman–Crippen MR) is 66.2 cm³/mol. The second kappa shape index (κ2) is 5.65. The fourth-order valence-corrected chi connectivity index (χ4v) is 1.65. The second-order valence-corrected chi connectivity index (χ2v) is 3.69. The average Bonchev–Trinajstić information content (AvgIpc) is 2.81. The minimum Gasteiger partial charge on any atom is -0.478 e. The van der Waals surface area contributed by atoms with Crippen molar-refractivity contribution in [1.82, 2.24) is 14.5 Å². The number of nitrogens with zero attached hydrogens (tertiary/aromatic N) is 5. The van der Waals surface area contributed by atoms with Crippen LogP contribution in [0.1, 0.15) is 24.0 Å². The molecule has 2 rings (SSSR count). The molecule has 6 heteroatoms. The van der Waals surface area contributed by atoms with E-state index >= 15 is 0 Å². The SMILES string of the molecule is CCOc1cccc(Cn2cnc(C#N)c2C#N)n1. The van der Waals surface area contributed by atoms with Crippen molar-refractivity contribution in [2.45, 2.75) is 13.5 Å². The van der Waals surface area contributed by atoms with Gasteiger partial charge in [-0.2, -0.15) is 10.5 Å². The summed E-state index contributed by atoms with van der Waals surface area (Å²) in [6.45, 7) is 2.80. The van der Waals surface area contributed by atoms with E-state index in [4.69, 9.17) is 15.3 Å². The van der Waals surface area contributed by atoms with Crippen molar-refractivity contribution in [3.05, 3.63) is 41.6 Å². The third-order valence-corrected chi connectivity index (χ3v) is 2.46. The summed E-state index contributed by atoms with van der Waals surface area (Å²) in [7, 11) is 0. The fourth-order valence-electron chi connectivity index (χ4n) is 1.65. The molecule has 0 aromatic carbocycles. The lowest BCUT2D eigenvalue weighted by Crippen LogP contribution is -2.04. The van der Waals surface area contributed by atoms with Crippen LogP contribution in [-0.4, -0.2) is 21.1 Å². The molecular formula is C13H11N5O. The maximum atomic E-state index is 9.03. The van der Waals surface area contributed by atoms with E-state index < -0.39 is 0 Å². The quantitative estimate of drug-likeness (QED) is 0.823. The van der Waals surface area contributed by atoms with Gasteiger partial charge in [0, 0.05) is 6.07 Å². The maximum Gasteiger partial charge on any atom is 0.213 e. The van der Waals surface area contributed by atoms with Gasteiger partial charge >= 0.3 is 0 Å². The van der Waals surface area contributed by atoms with Crippen LogP contribution >= 0.6 is 0 Å². The lowest BCUT2D eigenvalue weighted by Gasteiger charge is -2.06. The number of pyridine rings is 1. The number of nitriles is 2. The molecule has 0 saturated heterocycles. The molecule has 0 atom stereocenters. The second-order valence-electron chi connectivity index (χ2n) is 3.69. The lowest BCUT2D eigenvalue weighted by molar-refractivity contribution is 0.325. The van der Waals surface area contributed by atoms with E-state index in [1.807, 2.05) is 31.2 Å². The summed E-state index contributed by atoms with van der Waals surface area (Å²) in [6.07, 6.45) is 1.46. The van der Waals surface area contributed by atoms with E-state index in [1.165, 1.54) is 6.33 Å². The highest BCUT2D eigenvalue weighted by molar-refractivity contribution is 5.36. The molecule has 0 spiro atoms. The Kier molecular flexibility index (Phi) is 3.75. The van der Waals surface area contributed by atoms with Crippen LogP contribution in [0.5, 0.6) is 5.88 Å². The summed E-state index contributed by atoms with van der Waals surface area (Å²) in [5.74, 6) is 0.541. The molecule has 0 aliphatic heterocycles. The van der Waals surface area contributed by atoms with Gasteiger partial charge in [-0.1, -0.05) is 6.07 Å². The highest BCUT2D eigenvalue weighted by atomic mass is 16.5. The monoisotopic (exact) mass is 253 g/mol. The number of hydrogen-bond acceptors (Lipinski definition) is 5. The largest absolute Gasteiger partial charge is 0.478 e. The first-order valence-corrected chi connectivity index (χ1v) is 5.72. The Hall–Kier alpha value is -2.86. The van der Waals surface area contributed by atoms with E-state index in [-0.39, 0.29) is 11.4 Å². The maximum absolute atomic E-state index is 9.03. The van der Waals surface area contributed by atoms with E-state index in [0.717, 1.165) is 5.69 Å². The summed E-state index contributed by atoms with van der Waals surface area (Å²) < 4.78 is 6.91. The topological polar surface area (TPSA) is 87.5 Å². The zero-order valence-electron chi connectivity index (χ0n) is 10.4. The van der Waals surface area contributed by atoms with Gasteiger partial charge in [0.05, 0.1) is 25.2 Å². The van der Waals surface area contributed by atoms with Crippen LogP contribution in [0.25, 0.3) is 0 Å². The third kappa shape index (κ3) is 2.70. The molecule has 0 unspecified atom stereocenters.